The number of amides is 1. The molecule has 1 N–H and O–H groups in total. The number of benzene rings is 1. The zero-order valence-electron chi connectivity index (χ0n) is 12.4. The van der Waals surface area contributed by atoms with E-state index in [1.54, 1.807) is 17.7 Å². The first-order valence-corrected chi connectivity index (χ1v) is 6.98. The molecule has 1 unspecified atom stereocenters. The minimum Gasteiger partial charge on any atom is -0.342 e. The maximum Gasteiger partial charge on any atom is 0.252 e. The van der Waals surface area contributed by atoms with Crippen LogP contribution in [-0.2, 0) is 6.54 Å². The summed E-state index contributed by atoms with van der Waals surface area (Å²) in [4.78, 5) is 16.4. The molecule has 0 radical (unpaired) electrons. The minimum atomic E-state index is -0.385. The summed E-state index contributed by atoms with van der Waals surface area (Å²) in [5.41, 5.74) is 0.681. The van der Waals surface area contributed by atoms with Gasteiger partial charge in [-0.15, -0.1) is 0 Å². The molecule has 0 bridgehead atoms. The number of aromatic nitrogens is 3. The Balaban J connectivity index is 2.15. The monoisotopic (exact) mass is 290 g/mol. The smallest absolute Gasteiger partial charge is 0.252 e. The van der Waals surface area contributed by atoms with Gasteiger partial charge >= 0.3 is 0 Å². The summed E-state index contributed by atoms with van der Waals surface area (Å²) in [6, 6.07) is 4.18. The molecule has 1 aromatic carbocycles. The molecule has 0 aliphatic heterocycles. The van der Waals surface area contributed by atoms with Crippen LogP contribution in [0.4, 0.5) is 4.39 Å². The van der Waals surface area contributed by atoms with Gasteiger partial charge in [0.25, 0.3) is 5.91 Å². The van der Waals surface area contributed by atoms with Gasteiger partial charge in [-0.25, -0.2) is 14.1 Å². The molecule has 1 aromatic heterocycles. The van der Waals surface area contributed by atoms with Gasteiger partial charge < -0.3 is 5.32 Å². The lowest BCUT2D eigenvalue weighted by Gasteiger charge is -2.15. The van der Waals surface area contributed by atoms with Crippen LogP contribution in [0.2, 0.25) is 0 Å². The van der Waals surface area contributed by atoms with E-state index in [-0.39, 0.29) is 17.8 Å². The fourth-order valence-corrected chi connectivity index (χ4v) is 2.18. The zero-order valence-corrected chi connectivity index (χ0v) is 12.4. The first-order valence-electron chi connectivity index (χ1n) is 6.98. The summed E-state index contributed by atoms with van der Waals surface area (Å²) >= 11 is 0. The minimum absolute atomic E-state index is 0.297. The van der Waals surface area contributed by atoms with E-state index in [9.17, 15) is 9.18 Å². The lowest BCUT2D eigenvalue weighted by molar-refractivity contribution is 0.0936. The molecule has 1 heterocycles. The van der Waals surface area contributed by atoms with Gasteiger partial charge in [0.1, 0.15) is 18.0 Å². The van der Waals surface area contributed by atoms with Gasteiger partial charge in [-0.3, -0.25) is 4.79 Å². The normalized spacial score (nSPS) is 12.2. The second-order valence-electron chi connectivity index (χ2n) is 4.95. The molecule has 1 atom stereocenters. The Kier molecular flexibility index (Phi) is 4.67. The summed E-state index contributed by atoms with van der Waals surface area (Å²) in [6.45, 7) is 6.22. The van der Waals surface area contributed by atoms with Gasteiger partial charge in [0, 0.05) is 12.1 Å². The van der Waals surface area contributed by atoms with Crippen molar-refractivity contribution >= 4 is 5.91 Å². The van der Waals surface area contributed by atoms with Gasteiger partial charge in [0.15, 0.2) is 0 Å². The molecule has 0 aliphatic carbocycles. The Hall–Kier alpha value is -2.24. The maximum atomic E-state index is 13.5. The highest BCUT2D eigenvalue weighted by Gasteiger charge is 2.18. The average molecular weight is 290 g/mol. The largest absolute Gasteiger partial charge is 0.342 e. The third-order valence-corrected chi connectivity index (χ3v) is 3.33. The van der Waals surface area contributed by atoms with Crippen LogP contribution in [-0.4, -0.2) is 20.7 Å². The maximum absolute atomic E-state index is 13.5. The predicted molar refractivity (Wildman–Crippen MR) is 77.3 cm³/mol. The van der Waals surface area contributed by atoms with Crippen molar-refractivity contribution in [2.24, 2.45) is 0 Å². The Morgan fingerprint density at radius 2 is 2.24 bits per heavy atom. The molecule has 0 spiro atoms. The second kappa shape index (κ2) is 6.47. The van der Waals surface area contributed by atoms with Crippen molar-refractivity contribution in [1.29, 1.82) is 0 Å². The van der Waals surface area contributed by atoms with E-state index in [1.807, 2.05) is 13.8 Å². The molecule has 2 aromatic rings. The molecule has 112 valence electrons. The van der Waals surface area contributed by atoms with Gasteiger partial charge in [-0.2, -0.15) is 5.10 Å². The molecule has 2 rings (SSSR count). The third kappa shape index (κ3) is 3.26. The molecule has 6 heteroatoms. The summed E-state index contributed by atoms with van der Waals surface area (Å²) in [6.07, 6.45) is 2.40. The molecule has 5 nitrogen and oxygen atoms in total. The highest BCUT2D eigenvalue weighted by molar-refractivity contribution is 5.95. The predicted octanol–water partition coefficient (Wildman–Crippen LogP) is 2.63. The van der Waals surface area contributed by atoms with Gasteiger partial charge in [-0.1, -0.05) is 13.0 Å². The number of nitrogens with one attached hydrogen (secondary N) is 1. The number of carbonyl (C=O) groups is 1. The summed E-state index contributed by atoms with van der Waals surface area (Å²) in [7, 11) is 0. The summed E-state index contributed by atoms with van der Waals surface area (Å²) < 4.78 is 15.3. The Morgan fingerprint density at radius 3 is 2.95 bits per heavy atom. The van der Waals surface area contributed by atoms with Crippen LogP contribution in [0.25, 0.3) is 0 Å². The number of halogens is 1. The molecule has 21 heavy (non-hydrogen) atoms. The number of hydrogen-bond donors (Lipinski definition) is 1. The second-order valence-corrected chi connectivity index (χ2v) is 4.95. The fourth-order valence-electron chi connectivity index (χ4n) is 2.18. The molecule has 0 saturated heterocycles. The number of nitrogens with zero attached hydrogens (tertiary/aromatic N) is 3. The van der Waals surface area contributed by atoms with Crippen LogP contribution < -0.4 is 5.32 Å². The summed E-state index contributed by atoms with van der Waals surface area (Å²) in [5, 5.41) is 6.97. The van der Waals surface area contributed by atoms with Crippen LogP contribution in [0, 0.1) is 12.7 Å². The average Bonchev–Trinajstić information content (AvgIpc) is 2.90. The lowest BCUT2D eigenvalue weighted by Crippen LogP contribution is -2.29. The Morgan fingerprint density at radius 1 is 1.48 bits per heavy atom. The Bertz CT molecular complexity index is 638. The number of hydrogen-bond acceptors (Lipinski definition) is 3. The van der Waals surface area contributed by atoms with Crippen LogP contribution in [0.3, 0.4) is 0 Å². The number of aryl methyl sites for hydroxylation is 1. The quantitative estimate of drug-likeness (QED) is 0.921. The Labute approximate surface area is 123 Å². The topological polar surface area (TPSA) is 59.8 Å². The zero-order chi connectivity index (χ0) is 15.4. The van der Waals surface area contributed by atoms with Crippen LogP contribution >= 0.6 is 0 Å². The molecule has 1 amide bonds. The fraction of sp³-hybridized carbons (Fsp3) is 0.400. The van der Waals surface area contributed by atoms with Crippen molar-refractivity contribution in [2.75, 3.05) is 0 Å². The van der Waals surface area contributed by atoms with E-state index in [4.69, 9.17) is 0 Å². The van der Waals surface area contributed by atoms with Crippen LogP contribution in [0.15, 0.2) is 24.5 Å². The molecule has 0 saturated carbocycles. The highest BCUT2D eigenvalue weighted by Crippen LogP contribution is 2.15. The first kappa shape index (κ1) is 15.2. The van der Waals surface area contributed by atoms with Gasteiger partial charge in [0.05, 0.1) is 6.04 Å². The van der Waals surface area contributed by atoms with E-state index in [1.165, 1.54) is 18.5 Å². The third-order valence-electron chi connectivity index (χ3n) is 3.33. The molecule has 0 aliphatic rings. The highest BCUT2D eigenvalue weighted by atomic mass is 19.1. The van der Waals surface area contributed by atoms with Crippen molar-refractivity contribution in [3.8, 4) is 0 Å². The van der Waals surface area contributed by atoms with Crippen molar-refractivity contribution in [3.05, 3.63) is 47.3 Å². The standard InChI is InChI=1S/C15H19FN4O/c1-4-8-20-14(17-9-18-20)11(3)19-15(21)12-6-5-7-13(16)10(12)2/h5-7,9,11H,4,8H2,1-3H3,(H,19,21). The number of rotatable bonds is 5. The van der Waals surface area contributed by atoms with Crippen molar-refractivity contribution in [3.63, 3.8) is 0 Å². The van der Waals surface area contributed by atoms with E-state index in [0.29, 0.717) is 17.0 Å². The van der Waals surface area contributed by atoms with Gasteiger partial charge in [0.2, 0.25) is 0 Å². The van der Waals surface area contributed by atoms with E-state index >= 15 is 0 Å². The van der Waals surface area contributed by atoms with E-state index in [0.717, 1.165) is 13.0 Å². The van der Waals surface area contributed by atoms with E-state index < -0.39 is 0 Å². The van der Waals surface area contributed by atoms with Crippen LogP contribution in [0.5, 0.6) is 0 Å². The van der Waals surface area contributed by atoms with Crippen molar-refractivity contribution in [1.82, 2.24) is 20.1 Å². The van der Waals surface area contributed by atoms with Crippen molar-refractivity contribution < 1.29 is 9.18 Å². The molecule has 0 fully saturated rings. The van der Waals surface area contributed by atoms with Crippen molar-refractivity contribution in [2.45, 2.75) is 39.8 Å². The SMILES string of the molecule is CCCn1ncnc1C(C)NC(=O)c1cccc(F)c1C. The molecular weight excluding hydrogens is 271 g/mol. The van der Waals surface area contributed by atoms with Gasteiger partial charge in [-0.05, 0) is 38.0 Å². The first-order chi connectivity index (χ1) is 10.0. The van der Waals surface area contributed by atoms with E-state index in [2.05, 4.69) is 15.4 Å². The number of carbonyl (C=O) groups excluding carboxylic acids is 1. The summed E-state index contributed by atoms with van der Waals surface area (Å²) in [5.74, 6) is -0.00532. The van der Waals surface area contributed by atoms with Crippen LogP contribution in [0.1, 0.15) is 48.1 Å². The molecular formula is C15H19FN4O. The lowest BCUT2D eigenvalue weighted by atomic mass is 10.1.